The van der Waals surface area contributed by atoms with Gasteiger partial charge in [-0.05, 0) is 17.7 Å². The molecule has 0 aromatic heterocycles. The molecule has 1 heterocycles. The fraction of sp³-hybridized carbons (Fsp3) is 0.125. The van der Waals surface area contributed by atoms with Crippen molar-refractivity contribution in [3.05, 3.63) is 63.2 Å². The molecule has 0 fully saturated rings. The monoisotopic (exact) mass is 393 g/mol. The van der Waals surface area contributed by atoms with Gasteiger partial charge < -0.3 is 5.32 Å². The Bertz CT molecular complexity index is 873. The number of benzene rings is 2. The summed E-state index contributed by atoms with van der Waals surface area (Å²) in [6, 6.07) is 11.8. The summed E-state index contributed by atoms with van der Waals surface area (Å²) in [5, 5.41) is 13.7. The maximum atomic E-state index is 12.1. The van der Waals surface area contributed by atoms with Gasteiger partial charge >= 0.3 is 0 Å². The van der Waals surface area contributed by atoms with Crippen LogP contribution in [0.1, 0.15) is 5.56 Å². The number of non-ortho nitro benzene ring substituents is 1. The molecule has 3 rings (SSSR count). The Kier molecular flexibility index (Phi) is 5.62. The molecule has 1 aliphatic rings. The highest BCUT2D eigenvalue weighted by molar-refractivity contribution is 8.38. The van der Waals surface area contributed by atoms with Crippen LogP contribution in [-0.4, -0.2) is 21.0 Å². The lowest BCUT2D eigenvalue weighted by atomic mass is 10.2. The first-order valence-electron chi connectivity index (χ1n) is 7.19. The van der Waals surface area contributed by atoms with E-state index in [-0.39, 0.29) is 28.1 Å². The number of anilines is 1. The molecule has 1 amide bonds. The molecule has 6 nitrogen and oxygen atoms in total. The Morgan fingerprint density at radius 1 is 1.36 bits per heavy atom. The number of amides is 1. The van der Waals surface area contributed by atoms with Crippen molar-refractivity contribution in [2.45, 2.75) is 5.75 Å². The molecule has 0 unspecified atom stereocenters. The Labute approximate surface area is 157 Å². The molecule has 2 aromatic carbocycles. The van der Waals surface area contributed by atoms with Gasteiger partial charge in [0, 0.05) is 17.9 Å². The van der Waals surface area contributed by atoms with Gasteiger partial charge in [0.25, 0.3) is 5.69 Å². The van der Waals surface area contributed by atoms with Gasteiger partial charge in [-0.15, -0.1) is 0 Å². The van der Waals surface area contributed by atoms with Crippen molar-refractivity contribution in [2.75, 3.05) is 11.1 Å². The van der Waals surface area contributed by atoms with E-state index in [1.165, 1.54) is 35.5 Å². The number of nitro groups is 1. The van der Waals surface area contributed by atoms with Crippen molar-refractivity contribution in [1.82, 2.24) is 0 Å². The summed E-state index contributed by atoms with van der Waals surface area (Å²) in [5.74, 6) is 0.669. The summed E-state index contributed by atoms with van der Waals surface area (Å²) in [6.45, 7) is 0. The van der Waals surface area contributed by atoms with E-state index in [4.69, 9.17) is 11.6 Å². The molecule has 0 spiro atoms. The second kappa shape index (κ2) is 7.90. The molecule has 25 heavy (non-hydrogen) atoms. The zero-order valence-corrected chi connectivity index (χ0v) is 15.2. The molecule has 1 aliphatic heterocycles. The first-order chi connectivity index (χ1) is 12.0. The van der Waals surface area contributed by atoms with Gasteiger partial charge in [-0.1, -0.05) is 53.3 Å². The van der Waals surface area contributed by atoms with Crippen LogP contribution in [0.15, 0.2) is 47.5 Å². The lowest BCUT2D eigenvalue weighted by molar-refractivity contribution is -0.384. The number of halogens is 1. The van der Waals surface area contributed by atoms with Crippen LogP contribution in [0.5, 0.6) is 0 Å². The SMILES string of the molecule is O=C(CSC1=Nc2ccccc2CS1)Nc1cc([N+](=O)[O-])ccc1Cl. The highest BCUT2D eigenvalue weighted by Gasteiger charge is 2.16. The molecule has 0 bridgehead atoms. The number of para-hydroxylation sites is 1. The summed E-state index contributed by atoms with van der Waals surface area (Å²) in [4.78, 5) is 26.9. The third-order valence-corrected chi connectivity index (χ3v) is 5.89. The average molecular weight is 394 g/mol. The Morgan fingerprint density at radius 2 is 2.16 bits per heavy atom. The largest absolute Gasteiger partial charge is 0.324 e. The van der Waals surface area contributed by atoms with Gasteiger partial charge in [0.2, 0.25) is 5.91 Å². The molecule has 1 N–H and O–H groups in total. The quantitative estimate of drug-likeness (QED) is 0.592. The highest BCUT2D eigenvalue weighted by atomic mass is 35.5. The third kappa shape index (κ3) is 4.53. The van der Waals surface area contributed by atoms with Crippen LogP contribution < -0.4 is 5.32 Å². The Balaban J connectivity index is 1.62. The van der Waals surface area contributed by atoms with E-state index in [0.29, 0.717) is 0 Å². The number of aliphatic imine (C=N–C) groups is 1. The molecule has 0 saturated carbocycles. The average Bonchev–Trinajstić information content (AvgIpc) is 2.61. The van der Waals surface area contributed by atoms with Crippen molar-refractivity contribution in [2.24, 2.45) is 4.99 Å². The summed E-state index contributed by atoms with van der Waals surface area (Å²) >= 11 is 8.89. The van der Waals surface area contributed by atoms with Gasteiger partial charge in [0.05, 0.1) is 27.1 Å². The van der Waals surface area contributed by atoms with Crippen molar-refractivity contribution < 1.29 is 9.72 Å². The molecule has 0 atom stereocenters. The zero-order chi connectivity index (χ0) is 17.8. The van der Waals surface area contributed by atoms with E-state index < -0.39 is 4.92 Å². The lowest BCUT2D eigenvalue weighted by Gasteiger charge is -2.14. The molecule has 128 valence electrons. The van der Waals surface area contributed by atoms with Crippen LogP contribution in [-0.2, 0) is 10.5 Å². The van der Waals surface area contributed by atoms with E-state index in [0.717, 1.165) is 15.8 Å². The number of nitrogens with one attached hydrogen (secondary N) is 1. The van der Waals surface area contributed by atoms with Crippen LogP contribution in [0.3, 0.4) is 0 Å². The minimum atomic E-state index is -0.536. The Morgan fingerprint density at radius 3 is 2.96 bits per heavy atom. The van der Waals surface area contributed by atoms with Crippen LogP contribution in [0, 0.1) is 10.1 Å². The van der Waals surface area contributed by atoms with E-state index in [1.807, 2.05) is 24.3 Å². The molecular formula is C16H12ClN3O3S2. The third-order valence-electron chi connectivity index (χ3n) is 3.32. The predicted molar refractivity (Wildman–Crippen MR) is 104 cm³/mol. The zero-order valence-electron chi connectivity index (χ0n) is 12.8. The van der Waals surface area contributed by atoms with E-state index in [9.17, 15) is 14.9 Å². The van der Waals surface area contributed by atoms with Crippen molar-refractivity contribution in [3.63, 3.8) is 0 Å². The van der Waals surface area contributed by atoms with Crippen LogP contribution in [0.4, 0.5) is 17.1 Å². The fourth-order valence-corrected chi connectivity index (χ4v) is 4.15. The number of carbonyl (C=O) groups is 1. The van der Waals surface area contributed by atoms with E-state index >= 15 is 0 Å². The summed E-state index contributed by atoms with van der Waals surface area (Å²) in [7, 11) is 0. The molecule has 0 aliphatic carbocycles. The van der Waals surface area contributed by atoms with E-state index in [2.05, 4.69) is 10.3 Å². The standard InChI is InChI=1S/C16H12ClN3O3S2/c17-12-6-5-11(20(22)23)7-14(12)18-15(21)9-25-16-19-13-4-2-1-3-10(13)8-24-16/h1-7H,8-9H2,(H,18,21). The van der Waals surface area contributed by atoms with Gasteiger partial charge in [0.15, 0.2) is 0 Å². The number of carbonyl (C=O) groups excluding carboxylic acids is 1. The van der Waals surface area contributed by atoms with Gasteiger partial charge in [0.1, 0.15) is 4.38 Å². The van der Waals surface area contributed by atoms with Crippen molar-refractivity contribution >= 4 is 62.5 Å². The summed E-state index contributed by atoms with van der Waals surface area (Å²) in [5.41, 5.74) is 2.19. The number of thioether (sulfide) groups is 2. The molecular weight excluding hydrogens is 382 g/mol. The van der Waals surface area contributed by atoms with Gasteiger partial charge in [-0.3, -0.25) is 14.9 Å². The molecule has 9 heteroatoms. The molecule has 2 aromatic rings. The van der Waals surface area contributed by atoms with Crippen LogP contribution in [0.25, 0.3) is 0 Å². The first kappa shape index (κ1) is 17.8. The van der Waals surface area contributed by atoms with Crippen molar-refractivity contribution in [3.8, 4) is 0 Å². The fourth-order valence-electron chi connectivity index (χ4n) is 2.12. The molecule has 0 radical (unpaired) electrons. The van der Waals surface area contributed by atoms with Crippen molar-refractivity contribution in [1.29, 1.82) is 0 Å². The highest BCUT2D eigenvalue weighted by Crippen LogP contribution is 2.34. The predicted octanol–water partition coefficient (Wildman–Crippen LogP) is 4.85. The van der Waals surface area contributed by atoms with Gasteiger partial charge in [-0.25, -0.2) is 4.99 Å². The topological polar surface area (TPSA) is 84.6 Å². The smallest absolute Gasteiger partial charge is 0.271 e. The summed E-state index contributed by atoms with van der Waals surface area (Å²) < 4.78 is 0.819. The van der Waals surface area contributed by atoms with E-state index in [1.54, 1.807) is 11.8 Å². The number of nitro benzene ring substituents is 1. The number of nitrogens with zero attached hydrogens (tertiary/aromatic N) is 2. The second-order valence-electron chi connectivity index (χ2n) is 5.05. The summed E-state index contributed by atoms with van der Waals surface area (Å²) in [6.07, 6.45) is 0. The number of fused-ring (bicyclic) bond motifs is 1. The Hall–Kier alpha value is -2.03. The number of rotatable bonds is 4. The molecule has 0 saturated heterocycles. The maximum absolute atomic E-state index is 12.1. The number of hydrogen-bond acceptors (Lipinski definition) is 6. The minimum Gasteiger partial charge on any atom is -0.324 e. The van der Waals surface area contributed by atoms with Gasteiger partial charge in [-0.2, -0.15) is 0 Å². The maximum Gasteiger partial charge on any atom is 0.271 e. The first-order valence-corrected chi connectivity index (χ1v) is 9.54. The van der Waals surface area contributed by atoms with Crippen LogP contribution in [0.2, 0.25) is 5.02 Å². The number of hydrogen-bond donors (Lipinski definition) is 1. The normalized spacial score (nSPS) is 12.9. The second-order valence-corrected chi connectivity index (χ2v) is 7.65. The minimum absolute atomic E-state index is 0.129. The van der Waals surface area contributed by atoms with Crippen LogP contribution >= 0.6 is 35.1 Å². The lowest BCUT2D eigenvalue weighted by Crippen LogP contribution is -2.15.